The first-order valence-electron chi connectivity index (χ1n) is 8.02. The van der Waals surface area contributed by atoms with E-state index >= 15 is 0 Å². The van der Waals surface area contributed by atoms with Gasteiger partial charge in [-0.25, -0.2) is 0 Å². The molecule has 2 aromatic rings. The molecule has 25 heavy (non-hydrogen) atoms. The van der Waals surface area contributed by atoms with Crippen LogP contribution in [0.4, 0.5) is 5.69 Å². The third-order valence-electron chi connectivity index (χ3n) is 3.78. The summed E-state index contributed by atoms with van der Waals surface area (Å²) in [6.45, 7) is 2.59. The number of benzene rings is 2. The van der Waals surface area contributed by atoms with Gasteiger partial charge in [0.25, 0.3) is 0 Å². The maximum atomic E-state index is 12.3. The summed E-state index contributed by atoms with van der Waals surface area (Å²) in [6.07, 6.45) is 0.925. The number of nitrogens with one attached hydrogen (secondary N) is 1. The van der Waals surface area contributed by atoms with Crippen LogP contribution in [0.5, 0.6) is 11.5 Å². The molecular weight excluding hydrogens is 342 g/mol. The Morgan fingerprint density at radius 3 is 2.76 bits per heavy atom. The number of carbonyl (C=O) groups excluding carboxylic acids is 2. The largest absolute Gasteiger partial charge is 0.489 e. The minimum Gasteiger partial charge on any atom is -0.489 e. The summed E-state index contributed by atoms with van der Waals surface area (Å²) >= 11 is 6.24. The number of anilines is 1. The van der Waals surface area contributed by atoms with Crippen molar-refractivity contribution in [2.24, 2.45) is 0 Å². The Balaban J connectivity index is 1.73. The van der Waals surface area contributed by atoms with Crippen LogP contribution < -0.4 is 14.8 Å². The third-order valence-corrected chi connectivity index (χ3v) is 4.06. The van der Waals surface area contributed by atoms with E-state index < -0.39 is 0 Å². The number of Topliss-reactive ketones (excluding diaryl/α,β-unsaturated/α-hetero) is 1. The van der Waals surface area contributed by atoms with Gasteiger partial charge in [-0.2, -0.15) is 0 Å². The molecule has 1 heterocycles. The van der Waals surface area contributed by atoms with Gasteiger partial charge in [0, 0.05) is 17.7 Å². The van der Waals surface area contributed by atoms with Crippen molar-refractivity contribution in [3.8, 4) is 11.5 Å². The average Bonchev–Trinajstić information content (AvgIpc) is 2.80. The zero-order valence-corrected chi connectivity index (χ0v) is 14.6. The summed E-state index contributed by atoms with van der Waals surface area (Å²) in [5, 5.41) is 3.22. The SMILES string of the molecule is CC(=O)c1cccc(NC(=O)Cc2cc(Cl)c3c(c2)OCCCO3)c1. The van der Waals surface area contributed by atoms with E-state index in [1.165, 1.54) is 6.92 Å². The summed E-state index contributed by atoms with van der Waals surface area (Å²) < 4.78 is 11.2. The lowest BCUT2D eigenvalue weighted by Gasteiger charge is -2.12. The van der Waals surface area contributed by atoms with Crippen LogP contribution in [0.15, 0.2) is 36.4 Å². The van der Waals surface area contributed by atoms with E-state index in [2.05, 4.69) is 5.32 Å². The van der Waals surface area contributed by atoms with Crippen molar-refractivity contribution in [2.45, 2.75) is 19.8 Å². The molecule has 0 unspecified atom stereocenters. The monoisotopic (exact) mass is 359 g/mol. The van der Waals surface area contributed by atoms with Crippen LogP contribution in [0.2, 0.25) is 5.02 Å². The number of halogens is 1. The van der Waals surface area contributed by atoms with Gasteiger partial charge in [0.2, 0.25) is 5.91 Å². The molecule has 0 aromatic heterocycles. The highest BCUT2D eigenvalue weighted by molar-refractivity contribution is 6.32. The van der Waals surface area contributed by atoms with Crippen molar-refractivity contribution in [2.75, 3.05) is 18.5 Å². The second kappa shape index (κ2) is 7.57. The molecule has 0 spiro atoms. The molecule has 1 aliphatic heterocycles. The van der Waals surface area contributed by atoms with Crippen LogP contribution in [0.1, 0.15) is 29.3 Å². The fraction of sp³-hybridized carbons (Fsp3) is 0.263. The summed E-state index contributed by atoms with van der Waals surface area (Å²) in [6, 6.07) is 10.3. The maximum Gasteiger partial charge on any atom is 0.228 e. The summed E-state index contributed by atoms with van der Waals surface area (Å²) in [4.78, 5) is 23.7. The van der Waals surface area contributed by atoms with Crippen LogP contribution in [0.3, 0.4) is 0 Å². The van der Waals surface area contributed by atoms with Gasteiger partial charge in [-0.3, -0.25) is 9.59 Å². The topological polar surface area (TPSA) is 64.6 Å². The summed E-state index contributed by atoms with van der Waals surface area (Å²) in [5.41, 5.74) is 1.86. The fourth-order valence-electron chi connectivity index (χ4n) is 2.59. The standard InChI is InChI=1S/C19H18ClNO4/c1-12(22)14-4-2-5-15(11-14)21-18(23)10-13-8-16(20)19-17(9-13)24-6-3-7-25-19/h2,4-5,8-9,11H,3,6-7,10H2,1H3,(H,21,23). The minimum atomic E-state index is -0.203. The first-order chi connectivity index (χ1) is 12.0. The Bertz CT molecular complexity index is 819. The van der Waals surface area contributed by atoms with Crippen LogP contribution in [0.25, 0.3) is 0 Å². The van der Waals surface area contributed by atoms with Crippen molar-refractivity contribution in [1.82, 2.24) is 0 Å². The number of ketones is 1. The highest BCUT2D eigenvalue weighted by Gasteiger charge is 2.17. The van der Waals surface area contributed by atoms with E-state index in [4.69, 9.17) is 21.1 Å². The van der Waals surface area contributed by atoms with E-state index in [0.29, 0.717) is 41.0 Å². The molecule has 6 heteroatoms. The highest BCUT2D eigenvalue weighted by atomic mass is 35.5. The first-order valence-corrected chi connectivity index (χ1v) is 8.39. The van der Waals surface area contributed by atoms with Crippen molar-refractivity contribution in [1.29, 1.82) is 0 Å². The molecular formula is C19H18ClNO4. The Kier molecular flexibility index (Phi) is 5.24. The molecule has 130 valence electrons. The number of carbonyl (C=O) groups is 2. The summed E-state index contributed by atoms with van der Waals surface area (Å²) in [5.74, 6) is 0.834. The number of rotatable bonds is 4. The Hall–Kier alpha value is -2.53. The molecule has 2 aromatic carbocycles. The second-order valence-electron chi connectivity index (χ2n) is 5.82. The van der Waals surface area contributed by atoms with E-state index in [1.54, 1.807) is 36.4 Å². The quantitative estimate of drug-likeness (QED) is 0.841. The number of hydrogen-bond donors (Lipinski definition) is 1. The third kappa shape index (κ3) is 4.31. The van der Waals surface area contributed by atoms with Gasteiger partial charge in [-0.15, -0.1) is 0 Å². The number of ether oxygens (including phenoxy) is 2. The lowest BCUT2D eigenvalue weighted by Crippen LogP contribution is -2.14. The maximum absolute atomic E-state index is 12.3. The van der Waals surface area contributed by atoms with Gasteiger partial charge in [0.05, 0.1) is 24.7 Å². The number of amides is 1. The first kappa shape index (κ1) is 17.3. The van der Waals surface area contributed by atoms with Crippen LogP contribution in [-0.2, 0) is 11.2 Å². The van der Waals surface area contributed by atoms with Gasteiger partial charge in [0.1, 0.15) is 0 Å². The minimum absolute atomic E-state index is 0.0502. The van der Waals surface area contributed by atoms with Crippen molar-refractivity contribution < 1.29 is 19.1 Å². The van der Waals surface area contributed by atoms with Gasteiger partial charge in [0.15, 0.2) is 17.3 Å². The molecule has 0 fully saturated rings. The van der Waals surface area contributed by atoms with Crippen molar-refractivity contribution in [3.63, 3.8) is 0 Å². The molecule has 0 atom stereocenters. The molecule has 0 saturated carbocycles. The average molecular weight is 360 g/mol. The summed E-state index contributed by atoms with van der Waals surface area (Å²) in [7, 11) is 0. The molecule has 1 N–H and O–H groups in total. The molecule has 0 aliphatic carbocycles. The second-order valence-corrected chi connectivity index (χ2v) is 6.22. The molecule has 0 bridgehead atoms. The Morgan fingerprint density at radius 1 is 1.16 bits per heavy atom. The number of fused-ring (bicyclic) bond motifs is 1. The predicted octanol–water partition coefficient (Wildman–Crippen LogP) is 3.89. The fourth-order valence-corrected chi connectivity index (χ4v) is 2.88. The Morgan fingerprint density at radius 2 is 1.96 bits per heavy atom. The lowest BCUT2D eigenvalue weighted by molar-refractivity contribution is -0.115. The van der Waals surface area contributed by atoms with Crippen LogP contribution in [-0.4, -0.2) is 24.9 Å². The van der Waals surface area contributed by atoms with Crippen molar-refractivity contribution in [3.05, 3.63) is 52.5 Å². The van der Waals surface area contributed by atoms with Gasteiger partial charge in [-0.1, -0.05) is 23.7 Å². The lowest BCUT2D eigenvalue weighted by atomic mass is 10.1. The zero-order chi connectivity index (χ0) is 17.8. The molecule has 0 saturated heterocycles. The highest BCUT2D eigenvalue weighted by Crippen LogP contribution is 2.38. The van der Waals surface area contributed by atoms with E-state index in [9.17, 15) is 9.59 Å². The molecule has 3 rings (SSSR count). The molecule has 5 nitrogen and oxygen atoms in total. The molecule has 1 amide bonds. The van der Waals surface area contributed by atoms with E-state index in [-0.39, 0.29) is 18.1 Å². The zero-order valence-electron chi connectivity index (χ0n) is 13.8. The van der Waals surface area contributed by atoms with E-state index in [1.807, 2.05) is 0 Å². The molecule has 1 aliphatic rings. The van der Waals surface area contributed by atoms with E-state index in [0.717, 1.165) is 12.0 Å². The van der Waals surface area contributed by atoms with Gasteiger partial charge < -0.3 is 14.8 Å². The Labute approximate surface area is 150 Å². The number of hydrogen-bond acceptors (Lipinski definition) is 4. The van der Waals surface area contributed by atoms with Gasteiger partial charge >= 0.3 is 0 Å². The smallest absolute Gasteiger partial charge is 0.228 e. The molecule has 0 radical (unpaired) electrons. The van der Waals surface area contributed by atoms with Crippen LogP contribution in [0, 0.1) is 0 Å². The normalized spacial score (nSPS) is 13.0. The predicted molar refractivity (Wildman–Crippen MR) is 95.8 cm³/mol. The van der Waals surface area contributed by atoms with Crippen LogP contribution >= 0.6 is 11.6 Å². The van der Waals surface area contributed by atoms with Crippen molar-refractivity contribution >= 4 is 29.0 Å². The van der Waals surface area contributed by atoms with Gasteiger partial charge in [-0.05, 0) is 36.8 Å².